The van der Waals surface area contributed by atoms with Gasteiger partial charge in [0.1, 0.15) is 0 Å². The number of hydrogen-bond donors (Lipinski definition) is 0. The average molecular weight is 367 g/mol. The zero-order valence-electron chi connectivity index (χ0n) is 16.0. The molecular formula is C22H32F3N. The number of rotatable bonds is 6. The van der Waals surface area contributed by atoms with Gasteiger partial charge in [-0.3, -0.25) is 0 Å². The molecule has 4 heteroatoms. The van der Waals surface area contributed by atoms with Crippen LogP contribution in [0, 0.1) is 35.5 Å². The summed E-state index contributed by atoms with van der Waals surface area (Å²) in [7, 11) is 0. The van der Waals surface area contributed by atoms with Crippen molar-refractivity contribution in [2.24, 2.45) is 17.8 Å². The zero-order chi connectivity index (χ0) is 18.5. The standard InChI is InChI=1S/C22H32F3N/c1-2-3-4-5-15-6-8-16(9-7-15)17-10-12-18(13-11-17)19-14-20(23)22(25)26-21(19)24/h14-18H,2-13H2,1H3/t15-,16-,17-,18-. The molecule has 0 saturated heterocycles. The van der Waals surface area contributed by atoms with E-state index in [-0.39, 0.29) is 11.5 Å². The van der Waals surface area contributed by atoms with E-state index in [4.69, 9.17) is 0 Å². The molecule has 3 rings (SSSR count). The third kappa shape index (κ3) is 4.80. The molecule has 1 heterocycles. The van der Waals surface area contributed by atoms with Crippen LogP contribution in [0.15, 0.2) is 6.07 Å². The van der Waals surface area contributed by atoms with Crippen LogP contribution in [0.5, 0.6) is 0 Å². The molecule has 0 N–H and O–H groups in total. The SMILES string of the molecule is CCCCC[C@H]1CC[C@H]([C@H]2CC[C@H](c3cc(F)c(F)nc3F)CC2)CC1. The summed E-state index contributed by atoms with van der Waals surface area (Å²) in [5.41, 5.74) is 0.266. The first kappa shape index (κ1) is 19.7. The largest absolute Gasteiger partial charge is 0.251 e. The van der Waals surface area contributed by atoms with Gasteiger partial charge in [0.2, 0.25) is 5.95 Å². The predicted molar refractivity (Wildman–Crippen MR) is 98.4 cm³/mol. The minimum absolute atomic E-state index is 0.0146. The van der Waals surface area contributed by atoms with Crippen molar-refractivity contribution in [2.45, 2.75) is 89.9 Å². The first-order chi connectivity index (χ1) is 12.6. The van der Waals surface area contributed by atoms with Gasteiger partial charge in [-0.2, -0.15) is 13.8 Å². The summed E-state index contributed by atoms with van der Waals surface area (Å²) in [5.74, 6) is -0.758. The van der Waals surface area contributed by atoms with Crippen LogP contribution in [0.4, 0.5) is 13.2 Å². The number of halogens is 3. The van der Waals surface area contributed by atoms with Gasteiger partial charge in [-0.1, -0.05) is 45.4 Å². The summed E-state index contributed by atoms with van der Waals surface area (Å²) in [4.78, 5) is 3.09. The average Bonchev–Trinajstić information content (AvgIpc) is 2.66. The van der Waals surface area contributed by atoms with Crippen LogP contribution >= 0.6 is 0 Å². The molecule has 26 heavy (non-hydrogen) atoms. The van der Waals surface area contributed by atoms with Crippen molar-refractivity contribution >= 4 is 0 Å². The molecule has 0 aliphatic heterocycles. The molecule has 0 radical (unpaired) electrons. The second-order valence-electron chi connectivity index (χ2n) is 8.53. The molecule has 0 atom stereocenters. The molecule has 2 saturated carbocycles. The van der Waals surface area contributed by atoms with Crippen LogP contribution in [0.2, 0.25) is 0 Å². The Labute approximate surface area is 155 Å². The van der Waals surface area contributed by atoms with Crippen molar-refractivity contribution in [2.75, 3.05) is 0 Å². The summed E-state index contributed by atoms with van der Waals surface area (Å²) in [5, 5.41) is 0. The topological polar surface area (TPSA) is 12.9 Å². The molecule has 0 aromatic carbocycles. The van der Waals surface area contributed by atoms with E-state index in [0.29, 0.717) is 0 Å². The minimum atomic E-state index is -1.34. The van der Waals surface area contributed by atoms with Crippen molar-refractivity contribution in [3.63, 3.8) is 0 Å². The first-order valence-corrected chi connectivity index (χ1v) is 10.6. The number of nitrogens with zero attached hydrogens (tertiary/aromatic N) is 1. The van der Waals surface area contributed by atoms with E-state index in [9.17, 15) is 13.2 Å². The van der Waals surface area contributed by atoms with Gasteiger partial charge >= 0.3 is 0 Å². The summed E-state index contributed by atoms with van der Waals surface area (Å²) in [6, 6.07) is 1.02. The second-order valence-corrected chi connectivity index (χ2v) is 8.53. The van der Waals surface area contributed by atoms with E-state index in [0.717, 1.165) is 49.5 Å². The maximum absolute atomic E-state index is 13.9. The molecule has 0 bridgehead atoms. The maximum atomic E-state index is 13.9. The molecular weight excluding hydrogens is 335 g/mol. The molecule has 1 nitrogen and oxygen atoms in total. The van der Waals surface area contributed by atoms with Crippen LogP contribution in [0.3, 0.4) is 0 Å². The van der Waals surface area contributed by atoms with E-state index in [2.05, 4.69) is 11.9 Å². The fourth-order valence-electron chi connectivity index (χ4n) is 5.28. The first-order valence-electron chi connectivity index (χ1n) is 10.6. The van der Waals surface area contributed by atoms with E-state index >= 15 is 0 Å². The Hall–Kier alpha value is -1.06. The molecule has 0 amide bonds. The van der Waals surface area contributed by atoms with Gasteiger partial charge in [0.15, 0.2) is 5.82 Å². The lowest BCUT2D eigenvalue weighted by molar-refractivity contribution is 0.155. The van der Waals surface area contributed by atoms with Crippen molar-refractivity contribution in [1.29, 1.82) is 0 Å². The Morgan fingerprint density at radius 2 is 1.46 bits per heavy atom. The van der Waals surface area contributed by atoms with Crippen molar-refractivity contribution in [3.05, 3.63) is 29.3 Å². The van der Waals surface area contributed by atoms with Gasteiger partial charge in [0, 0.05) is 5.56 Å². The number of unbranched alkanes of at least 4 members (excludes halogenated alkanes) is 2. The number of pyridine rings is 1. The van der Waals surface area contributed by atoms with Gasteiger partial charge in [-0.15, -0.1) is 0 Å². The molecule has 1 aromatic rings. The second kappa shape index (κ2) is 9.23. The predicted octanol–water partition coefficient (Wildman–Crippen LogP) is 7.16. The fraction of sp³-hybridized carbons (Fsp3) is 0.773. The zero-order valence-corrected chi connectivity index (χ0v) is 16.0. The van der Waals surface area contributed by atoms with Crippen LogP contribution < -0.4 is 0 Å². The lowest BCUT2D eigenvalue weighted by atomic mass is 9.68. The molecule has 2 aliphatic rings. The van der Waals surface area contributed by atoms with Gasteiger partial charge < -0.3 is 0 Å². The van der Waals surface area contributed by atoms with Gasteiger partial charge in [0.05, 0.1) is 0 Å². The Bertz CT molecular complexity index is 573. The van der Waals surface area contributed by atoms with Gasteiger partial charge in [-0.25, -0.2) is 4.39 Å². The van der Waals surface area contributed by atoms with E-state index in [1.54, 1.807) is 0 Å². The smallest absolute Gasteiger partial charge is 0.202 e. The normalized spacial score (nSPS) is 29.7. The van der Waals surface area contributed by atoms with E-state index in [1.807, 2.05) is 0 Å². The van der Waals surface area contributed by atoms with Crippen LogP contribution in [0.1, 0.15) is 95.5 Å². The molecule has 0 unspecified atom stereocenters. The summed E-state index contributed by atoms with van der Waals surface area (Å²) in [6.07, 6.45) is 14.7. The third-order valence-corrected chi connectivity index (χ3v) is 6.90. The Morgan fingerprint density at radius 1 is 0.846 bits per heavy atom. The fourth-order valence-corrected chi connectivity index (χ4v) is 5.28. The quantitative estimate of drug-likeness (QED) is 0.384. The van der Waals surface area contributed by atoms with Crippen LogP contribution in [-0.4, -0.2) is 4.98 Å². The highest BCUT2D eigenvalue weighted by Crippen LogP contribution is 2.44. The Morgan fingerprint density at radius 3 is 2.08 bits per heavy atom. The van der Waals surface area contributed by atoms with E-state index in [1.165, 1.54) is 51.4 Å². The van der Waals surface area contributed by atoms with E-state index < -0.39 is 17.7 Å². The van der Waals surface area contributed by atoms with Gasteiger partial charge in [-0.05, 0) is 68.3 Å². The molecule has 2 fully saturated rings. The number of hydrogen-bond acceptors (Lipinski definition) is 1. The minimum Gasteiger partial charge on any atom is -0.202 e. The third-order valence-electron chi connectivity index (χ3n) is 6.90. The highest BCUT2D eigenvalue weighted by molar-refractivity contribution is 5.19. The molecule has 2 aliphatic carbocycles. The van der Waals surface area contributed by atoms with Gasteiger partial charge in [0.25, 0.3) is 5.95 Å². The highest BCUT2D eigenvalue weighted by atomic mass is 19.2. The lowest BCUT2D eigenvalue weighted by Crippen LogP contribution is -2.25. The van der Waals surface area contributed by atoms with Crippen LogP contribution in [-0.2, 0) is 0 Å². The monoisotopic (exact) mass is 367 g/mol. The Kier molecular flexibility index (Phi) is 6.99. The van der Waals surface area contributed by atoms with Crippen molar-refractivity contribution in [1.82, 2.24) is 4.98 Å². The maximum Gasteiger partial charge on any atom is 0.251 e. The summed E-state index contributed by atoms with van der Waals surface area (Å²) in [6.45, 7) is 2.26. The molecule has 146 valence electrons. The summed E-state index contributed by atoms with van der Waals surface area (Å²) >= 11 is 0. The van der Waals surface area contributed by atoms with Crippen molar-refractivity contribution < 1.29 is 13.2 Å². The van der Waals surface area contributed by atoms with Crippen LogP contribution in [0.25, 0.3) is 0 Å². The lowest BCUT2D eigenvalue weighted by Gasteiger charge is -2.38. The number of aromatic nitrogens is 1. The summed E-state index contributed by atoms with van der Waals surface area (Å²) < 4.78 is 40.4. The highest BCUT2D eigenvalue weighted by Gasteiger charge is 2.32. The molecule has 1 aromatic heterocycles. The van der Waals surface area contributed by atoms with Crippen molar-refractivity contribution in [3.8, 4) is 0 Å². The Balaban J connectivity index is 1.47. The molecule has 0 spiro atoms.